The molecule has 0 atom stereocenters. The fraction of sp³-hybridized carbons (Fsp3) is 0.600. The molecule has 0 N–H and O–H groups in total. The highest BCUT2D eigenvalue weighted by atomic mass is 32.1. The van der Waals surface area contributed by atoms with E-state index in [1.54, 1.807) is 0 Å². The van der Waals surface area contributed by atoms with Gasteiger partial charge in [0.25, 0.3) is 0 Å². The maximum Gasteiger partial charge on any atom is 0.335 e. The Morgan fingerprint density at radius 1 is 1.10 bits per heavy atom. The Kier molecular flexibility index (Phi) is 18.1. The third-order valence-electron chi connectivity index (χ3n) is 0.577. The smallest absolute Gasteiger partial charge is 0.198 e. The normalized spacial score (nSPS) is 5.80. The van der Waals surface area contributed by atoms with Crippen molar-refractivity contribution in [2.75, 3.05) is 0 Å². The minimum Gasteiger partial charge on any atom is -0.198 e. The van der Waals surface area contributed by atoms with E-state index in [0.717, 1.165) is 0 Å². The van der Waals surface area contributed by atoms with Crippen molar-refractivity contribution >= 4 is 11.6 Å². The average molecular weight is 158 g/mol. The highest BCUT2D eigenvalue weighted by molar-refractivity contribution is 7.51. The second-order valence-electron chi connectivity index (χ2n) is 1.24. The second kappa shape index (κ2) is 15.7. The lowest BCUT2D eigenvalue weighted by atomic mass is 10.3. The minimum atomic E-state index is -0.750. The Morgan fingerprint density at radius 3 is 1.60 bits per heavy atom. The second-order valence-corrected chi connectivity index (χ2v) is 1.37. The molecule has 54 valence electrons. The predicted octanol–water partition coefficient (Wildman–Crippen LogP) is 0.534. The van der Waals surface area contributed by atoms with E-state index in [1.807, 2.05) is 12.1 Å². The summed E-state index contributed by atoms with van der Waals surface area (Å²) in [5, 5.41) is 15.9. The third kappa shape index (κ3) is 29.2. The molecule has 4 nitrogen and oxygen atoms in total. The number of nitrogens with zero attached hydrogens (tertiary/aromatic N) is 2. The molecule has 0 aliphatic rings. The van der Waals surface area contributed by atoms with Crippen LogP contribution in [0.5, 0.6) is 0 Å². The topological polar surface area (TPSA) is 81.7 Å². The van der Waals surface area contributed by atoms with Crippen molar-refractivity contribution in [3.05, 3.63) is 0 Å². The lowest BCUT2D eigenvalue weighted by Gasteiger charge is -1.75. The molecule has 0 saturated heterocycles. The summed E-state index contributed by atoms with van der Waals surface area (Å²) in [6.45, 7) is 0. The molecule has 0 aromatic rings. The summed E-state index contributed by atoms with van der Waals surface area (Å²) in [7, 11) is 0. The van der Waals surface area contributed by atoms with E-state index < -0.39 is 11.6 Å². The third-order valence-corrected chi connectivity index (χ3v) is 0.577. The molecule has 0 bridgehead atoms. The van der Waals surface area contributed by atoms with E-state index in [-0.39, 0.29) is 0 Å². The summed E-state index contributed by atoms with van der Waals surface area (Å²) < 4.78 is 16.6. The van der Waals surface area contributed by atoms with Crippen LogP contribution >= 0.6 is 0 Å². The molecular weight excluding hydrogens is 152 g/mol. The summed E-state index contributed by atoms with van der Waals surface area (Å²) in [5.41, 5.74) is 0. The Balaban J connectivity index is 0. The zero-order chi connectivity index (χ0) is 8.24. The van der Waals surface area contributed by atoms with E-state index in [4.69, 9.17) is 18.9 Å². The SMILES string of the molecule is N#CCCCC#N.O=S=O. The van der Waals surface area contributed by atoms with Crippen LogP contribution in [0.1, 0.15) is 19.3 Å². The average Bonchev–Trinajstić information content (AvgIpc) is 1.91. The van der Waals surface area contributed by atoms with Crippen LogP contribution in [0.2, 0.25) is 0 Å². The fourth-order valence-electron chi connectivity index (χ4n) is 0.247. The van der Waals surface area contributed by atoms with Crippen LogP contribution in [0.15, 0.2) is 0 Å². The highest BCUT2D eigenvalue weighted by Crippen LogP contribution is 1.88. The molecule has 0 aromatic heterocycles. The van der Waals surface area contributed by atoms with Crippen molar-refractivity contribution < 1.29 is 8.42 Å². The maximum absolute atomic E-state index is 8.29. The molecule has 0 aliphatic carbocycles. The lowest BCUT2D eigenvalue weighted by molar-refractivity contribution is 0.630. The first-order chi connectivity index (χ1) is 4.83. The standard InChI is InChI=1S/C5H6N2.O2S/c6-4-2-1-3-5-7;1-3-2/h1-3H2;. The van der Waals surface area contributed by atoms with Gasteiger partial charge in [0, 0.05) is 12.8 Å². The maximum atomic E-state index is 8.29. The molecule has 0 saturated carbocycles. The van der Waals surface area contributed by atoms with Gasteiger partial charge in [0.05, 0.1) is 12.1 Å². The first-order valence-corrected chi connectivity index (χ1v) is 3.15. The van der Waals surface area contributed by atoms with Gasteiger partial charge < -0.3 is 0 Å². The molecule has 0 rings (SSSR count). The van der Waals surface area contributed by atoms with Gasteiger partial charge >= 0.3 is 11.6 Å². The molecule has 0 amide bonds. The largest absolute Gasteiger partial charge is 0.335 e. The van der Waals surface area contributed by atoms with Crippen LogP contribution in [-0.2, 0) is 11.6 Å². The van der Waals surface area contributed by atoms with Crippen LogP contribution in [0, 0.1) is 22.7 Å². The first kappa shape index (κ1) is 11.6. The molecule has 0 unspecified atom stereocenters. The van der Waals surface area contributed by atoms with Crippen molar-refractivity contribution in [1.82, 2.24) is 0 Å². The van der Waals surface area contributed by atoms with Gasteiger partial charge in [-0.1, -0.05) is 0 Å². The summed E-state index contributed by atoms with van der Waals surface area (Å²) in [4.78, 5) is 0. The van der Waals surface area contributed by atoms with Crippen molar-refractivity contribution in [1.29, 1.82) is 10.5 Å². The molecule has 0 aliphatic heterocycles. The molecule has 10 heavy (non-hydrogen) atoms. The Labute approximate surface area is 62.7 Å². The van der Waals surface area contributed by atoms with Crippen molar-refractivity contribution in [3.8, 4) is 12.1 Å². The molecular formula is C5H6N2O2S. The summed E-state index contributed by atoms with van der Waals surface area (Å²) in [6, 6.07) is 3.90. The van der Waals surface area contributed by atoms with Crippen LogP contribution in [0.4, 0.5) is 0 Å². The molecule has 0 heterocycles. The van der Waals surface area contributed by atoms with Gasteiger partial charge in [-0.05, 0) is 6.42 Å². The number of unbranched alkanes of at least 4 members (excludes halogenated alkanes) is 2. The van der Waals surface area contributed by atoms with Crippen molar-refractivity contribution in [3.63, 3.8) is 0 Å². The van der Waals surface area contributed by atoms with E-state index in [9.17, 15) is 0 Å². The highest BCUT2D eigenvalue weighted by Gasteiger charge is 1.79. The molecule has 0 aromatic carbocycles. The first-order valence-electron chi connectivity index (χ1n) is 2.49. The van der Waals surface area contributed by atoms with Crippen LogP contribution < -0.4 is 0 Å². The van der Waals surface area contributed by atoms with E-state index in [2.05, 4.69) is 0 Å². The van der Waals surface area contributed by atoms with Gasteiger partial charge in [-0.25, -0.2) is 0 Å². The predicted molar refractivity (Wildman–Crippen MR) is 34.0 cm³/mol. The van der Waals surface area contributed by atoms with Crippen LogP contribution in [0.3, 0.4) is 0 Å². The van der Waals surface area contributed by atoms with E-state index in [1.165, 1.54) is 0 Å². The zero-order valence-electron chi connectivity index (χ0n) is 5.24. The molecule has 0 radical (unpaired) electrons. The van der Waals surface area contributed by atoms with Gasteiger partial charge in [0.1, 0.15) is 0 Å². The Morgan fingerprint density at radius 2 is 1.40 bits per heavy atom. The van der Waals surface area contributed by atoms with Crippen molar-refractivity contribution in [2.45, 2.75) is 19.3 Å². The number of rotatable bonds is 2. The lowest BCUT2D eigenvalue weighted by Crippen LogP contribution is -1.65. The summed E-state index contributed by atoms with van der Waals surface area (Å²) in [5.74, 6) is 0. The zero-order valence-corrected chi connectivity index (χ0v) is 6.06. The molecule has 5 heteroatoms. The van der Waals surface area contributed by atoms with Gasteiger partial charge in [-0.2, -0.15) is 18.9 Å². The van der Waals surface area contributed by atoms with Crippen LogP contribution in [-0.4, -0.2) is 8.42 Å². The van der Waals surface area contributed by atoms with E-state index in [0.29, 0.717) is 19.3 Å². The summed E-state index contributed by atoms with van der Waals surface area (Å²) in [6.07, 6.45) is 1.73. The van der Waals surface area contributed by atoms with Crippen molar-refractivity contribution in [2.24, 2.45) is 0 Å². The molecule has 0 fully saturated rings. The van der Waals surface area contributed by atoms with Gasteiger partial charge in [-0.3, -0.25) is 0 Å². The van der Waals surface area contributed by atoms with Gasteiger partial charge in [0.15, 0.2) is 0 Å². The molecule has 0 spiro atoms. The number of nitriles is 2. The minimum absolute atomic E-state index is 0.508. The Bertz CT molecular complexity index is 159. The summed E-state index contributed by atoms with van der Waals surface area (Å²) >= 11 is -0.750. The quantitative estimate of drug-likeness (QED) is 0.549. The number of hydrogen-bond acceptors (Lipinski definition) is 4. The number of hydrogen-bond donors (Lipinski definition) is 0. The van der Waals surface area contributed by atoms with Gasteiger partial charge in [0.2, 0.25) is 0 Å². The van der Waals surface area contributed by atoms with Gasteiger partial charge in [-0.15, -0.1) is 0 Å². The Hall–Kier alpha value is -1.20. The fourth-order valence-corrected chi connectivity index (χ4v) is 0.247. The van der Waals surface area contributed by atoms with E-state index >= 15 is 0 Å². The van der Waals surface area contributed by atoms with Crippen LogP contribution in [0.25, 0.3) is 0 Å². The monoisotopic (exact) mass is 158 g/mol.